The summed E-state index contributed by atoms with van der Waals surface area (Å²) in [6.45, 7) is 4.38. The minimum atomic E-state index is -0.732. The number of aryl methyl sites for hydroxylation is 1. The van der Waals surface area contributed by atoms with Crippen molar-refractivity contribution in [3.05, 3.63) is 65.2 Å². The molecule has 0 saturated carbocycles. The maximum absolute atomic E-state index is 14.8. The molecule has 0 aromatic heterocycles. The molecule has 0 N–H and O–H groups in total. The average molecular weight is 369 g/mol. The van der Waals surface area contributed by atoms with Gasteiger partial charge in [0.15, 0.2) is 11.6 Å². The Morgan fingerprint density at radius 3 is 2.22 bits per heavy atom. The number of hydrogen-bond donors (Lipinski definition) is 0. The third kappa shape index (κ3) is 4.66. The summed E-state index contributed by atoms with van der Waals surface area (Å²) in [4.78, 5) is 0. The van der Waals surface area contributed by atoms with Crippen LogP contribution < -0.4 is 0 Å². The Morgan fingerprint density at radius 1 is 0.889 bits per heavy atom. The second-order valence-corrected chi connectivity index (χ2v) is 7.72. The molecule has 1 aliphatic carbocycles. The fourth-order valence-corrected chi connectivity index (χ4v) is 3.95. The predicted octanol–water partition coefficient (Wildman–Crippen LogP) is 7.96. The van der Waals surface area contributed by atoms with Crippen LogP contribution in [0.15, 0.2) is 42.5 Å². The zero-order chi connectivity index (χ0) is 19.2. The highest BCUT2D eigenvalue weighted by molar-refractivity contribution is 5.72. The lowest BCUT2D eigenvalue weighted by atomic mass is 9.84. The lowest BCUT2D eigenvalue weighted by molar-refractivity contribution is 0.467. The van der Waals surface area contributed by atoms with Crippen LogP contribution in [0.3, 0.4) is 0 Å². The lowest BCUT2D eigenvalue weighted by Crippen LogP contribution is -2.06. The van der Waals surface area contributed by atoms with Gasteiger partial charge in [-0.15, -0.1) is 0 Å². The zero-order valence-corrected chi connectivity index (χ0v) is 16.5. The summed E-state index contributed by atoms with van der Waals surface area (Å²) in [5.74, 6) is -0.762. The van der Waals surface area contributed by atoms with Crippen molar-refractivity contribution in [1.82, 2.24) is 0 Å². The van der Waals surface area contributed by atoms with Crippen LogP contribution in [0.4, 0.5) is 8.78 Å². The summed E-state index contributed by atoms with van der Waals surface area (Å²) < 4.78 is 29.6. The molecule has 0 amide bonds. The largest absolute Gasteiger partial charge is 0.203 e. The van der Waals surface area contributed by atoms with E-state index in [1.54, 1.807) is 12.1 Å². The van der Waals surface area contributed by atoms with E-state index in [-0.39, 0.29) is 0 Å². The quantitative estimate of drug-likeness (QED) is 0.435. The van der Waals surface area contributed by atoms with E-state index in [1.807, 2.05) is 24.3 Å². The molecule has 0 fully saturated rings. The Labute approximate surface area is 162 Å². The number of benzene rings is 2. The Balaban J connectivity index is 1.80. The Bertz CT molecular complexity index is 787. The summed E-state index contributed by atoms with van der Waals surface area (Å²) in [5.41, 5.74) is 3.72. The summed E-state index contributed by atoms with van der Waals surface area (Å²) in [6.07, 6.45) is 10.7. The fraction of sp³-hybridized carbons (Fsp3) is 0.440. The molecule has 0 nitrogen and oxygen atoms in total. The highest BCUT2D eigenvalue weighted by Gasteiger charge is 2.20. The van der Waals surface area contributed by atoms with Gasteiger partial charge in [0.05, 0.1) is 0 Å². The molecule has 1 unspecified atom stereocenters. The van der Waals surface area contributed by atoms with Crippen molar-refractivity contribution in [2.75, 3.05) is 0 Å². The van der Waals surface area contributed by atoms with Gasteiger partial charge in [0, 0.05) is 11.1 Å². The van der Waals surface area contributed by atoms with E-state index in [0.717, 1.165) is 43.2 Å². The molecule has 3 rings (SSSR count). The van der Waals surface area contributed by atoms with E-state index in [4.69, 9.17) is 0 Å². The van der Waals surface area contributed by atoms with Crippen LogP contribution in [0.2, 0.25) is 0 Å². The van der Waals surface area contributed by atoms with Gasteiger partial charge < -0.3 is 0 Å². The van der Waals surface area contributed by atoms with E-state index in [9.17, 15) is 8.78 Å². The van der Waals surface area contributed by atoms with Crippen LogP contribution in [0.5, 0.6) is 0 Å². The van der Waals surface area contributed by atoms with Crippen molar-refractivity contribution in [2.45, 2.75) is 65.2 Å². The molecule has 2 heteroatoms. The van der Waals surface area contributed by atoms with Crippen molar-refractivity contribution in [2.24, 2.45) is 5.92 Å². The van der Waals surface area contributed by atoms with E-state index < -0.39 is 11.6 Å². The van der Waals surface area contributed by atoms with Gasteiger partial charge in [-0.05, 0) is 54.7 Å². The predicted molar refractivity (Wildman–Crippen MR) is 111 cm³/mol. The monoisotopic (exact) mass is 368 g/mol. The van der Waals surface area contributed by atoms with E-state index in [0.29, 0.717) is 17.0 Å². The highest BCUT2D eigenvalue weighted by Crippen LogP contribution is 2.35. The minimum Gasteiger partial charge on any atom is -0.203 e. The molecule has 1 atom stereocenters. The molecular formula is C25H30F2. The molecule has 2 aromatic carbocycles. The van der Waals surface area contributed by atoms with Crippen molar-refractivity contribution < 1.29 is 8.78 Å². The first-order valence-corrected chi connectivity index (χ1v) is 10.4. The van der Waals surface area contributed by atoms with Gasteiger partial charge in [-0.1, -0.05) is 75.6 Å². The van der Waals surface area contributed by atoms with Gasteiger partial charge in [-0.3, -0.25) is 0 Å². The molecule has 0 bridgehead atoms. The second kappa shape index (κ2) is 9.30. The van der Waals surface area contributed by atoms with Crippen LogP contribution in [0.25, 0.3) is 16.7 Å². The number of rotatable bonds is 7. The van der Waals surface area contributed by atoms with Gasteiger partial charge in [-0.25, -0.2) is 8.78 Å². The SMILES string of the molecule is CCCCCc1ccc(-c2ccc(C3=CCC(CC)CC3)c(F)c2F)cc1. The van der Waals surface area contributed by atoms with E-state index in [1.165, 1.54) is 24.8 Å². The fourth-order valence-electron chi connectivity index (χ4n) is 3.95. The molecule has 0 radical (unpaired) electrons. The third-order valence-electron chi connectivity index (χ3n) is 5.86. The number of unbranched alkanes of at least 4 members (excludes halogenated alkanes) is 2. The van der Waals surface area contributed by atoms with Crippen molar-refractivity contribution in [3.8, 4) is 11.1 Å². The highest BCUT2D eigenvalue weighted by atomic mass is 19.2. The zero-order valence-electron chi connectivity index (χ0n) is 16.5. The normalized spacial score (nSPS) is 17.0. The molecule has 27 heavy (non-hydrogen) atoms. The van der Waals surface area contributed by atoms with Crippen LogP contribution in [-0.2, 0) is 6.42 Å². The van der Waals surface area contributed by atoms with Gasteiger partial charge in [0.25, 0.3) is 0 Å². The van der Waals surface area contributed by atoms with Crippen molar-refractivity contribution in [1.29, 1.82) is 0 Å². The van der Waals surface area contributed by atoms with E-state index >= 15 is 0 Å². The Kier molecular flexibility index (Phi) is 6.82. The molecule has 2 aromatic rings. The van der Waals surface area contributed by atoms with Crippen LogP contribution in [0.1, 0.15) is 69.9 Å². The molecule has 1 aliphatic rings. The molecule has 0 heterocycles. The molecule has 0 aliphatic heterocycles. The Hall–Kier alpha value is -1.96. The third-order valence-corrected chi connectivity index (χ3v) is 5.86. The van der Waals surface area contributed by atoms with E-state index in [2.05, 4.69) is 19.9 Å². The standard InChI is InChI=1S/C25H30F2/c1-3-5-6-7-19-10-14-21(15-11-19)23-17-16-22(24(26)25(23)27)20-12-8-18(4-2)9-13-20/h10-12,14-18H,3-9,13H2,1-2H3. The molecule has 0 spiro atoms. The first kappa shape index (κ1) is 19.8. The van der Waals surface area contributed by atoms with Crippen molar-refractivity contribution >= 4 is 5.57 Å². The molecular weight excluding hydrogens is 338 g/mol. The molecule has 0 saturated heterocycles. The van der Waals surface area contributed by atoms with Crippen LogP contribution in [-0.4, -0.2) is 0 Å². The summed E-state index contributed by atoms with van der Waals surface area (Å²) in [7, 11) is 0. The first-order chi connectivity index (χ1) is 13.1. The average Bonchev–Trinajstić information content (AvgIpc) is 2.71. The van der Waals surface area contributed by atoms with Gasteiger partial charge in [0.1, 0.15) is 0 Å². The number of allylic oxidation sites excluding steroid dienone is 2. The van der Waals surface area contributed by atoms with Crippen LogP contribution in [0, 0.1) is 17.6 Å². The lowest BCUT2D eigenvalue weighted by Gasteiger charge is -2.21. The molecule has 144 valence electrons. The van der Waals surface area contributed by atoms with Gasteiger partial charge in [0.2, 0.25) is 0 Å². The Morgan fingerprint density at radius 2 is 1.59 bits per heavy atom. The van der Waals surface area contributed by atoms with Crippen molar-refractivity contribution in [3.63, 3.8) is 0 Å². The summed E-state index contributed by atoms with van der Waals surface area (Å²) in [5, 5.41) is 0. The van der Waals surface area contributed by atoms with Crippen LogP contribution >= 0.6 is 0 Å². The second-order valence-electron chi connectivity index (χ2n) is 7.72. The number of hydrogen-bond acceptors (Lipinski definition) is 0. The number of halogens is 2. The summed E-state index contributed by atoms with van der Waals surface area (Å²) in [6, 6.07) is 11.4. The van der Waals surface area contributed by atoms with Gasteiger partial charge >= 0.3 is 0 Å². The minimum absolute atomic E-state index is 0.346. The maximum atomic E-state index is 14.8. The topological polar surface area (TPSA) is 0 Å². The first-order valence-electron chi connectivity index (χ1n) is 10.4. The maximum Gasteiger partial charge on any atom is 0.167 e. The smallest absolute Gasteiger partial charge is 0.167 e. The summed E-state index contributed by atoms with van der Waals surface area (Å²) >= 11 is 0. The van der Waals surface area contributed by atoms with Gasteiger partial charge in [-0.2, -0.15) is 0 Å².